The van der Waals surface area contributed by atoms with Gasteiger partial charge in [-0.25, -0.2) is 8.42 Å². The monoisotopic (exact) mass is 453 g/mol. The summed E-state index contributed by atoms with van der Waals surface area (Å²) >= 11 is 0. The molecule has 9 heteroatoms. The van der Waals surface area contributed by atoms with Gasteiger partial charge in [-0.15, -0.1) is 0 Å². The summed E-state index contributed by atoms with van der Waals surface area (Å²) in [5.41, 5.74) is 2.73. The summed E-state index contributed by atoms with van der Waals surface area (Å²) in [4.78, 5) is 23.5. The Kier molecular flexibility index (Phi) is 6.59. The minimum Gasteiger partial charge on any atom is -0.324 e. The second-order valence-corrected chi connectivity index (χ2v) is 9.28. The number of aryl methyl sites for hydroxylation is 3. The lowest BCUT2D eigenvalue weighted by Crippen LogP contribution is -2.38. The molecule has 0 spiro atoms. The van der Waals surface area contributed by atoms with Crippen molar-refractivity contribution in [3.05, 3.63) is 93.5 Å². The van der Waals surface area contributed by atoms with Gasteiger partial charge in [0.25, 0.3) is 15.7 Å². The molecule has 0 aliphatic carbocycles. The highest BCUT2D eigenvalue weighted by Crippen LogP contribution is 2.28. The Morgan fingerprint density at radius 3 is 2.28 bits per heavy atom. The Labute approximate surface area is 186 Å². The molecule has 3 aromatic carbocycles. The number of nitrogens with zero attached hydrogens (tertiary/aromatic N) is 2. The van der Waals surface area contributed by atoms with Gasteiger partial charge in [0.1, 0.15) is 6.54 Å². The number of nitrogens with one attached hydrogen (secondary N) is 1. The number of hydrogen-bond acceptors (Lipinski definition) is 5. The van der Waals surface area contributed by atoms with Crippen molar-refractivity contribution in [1.82, 2.24) is 0 Å². The van der Waals surface area contributed by atoms with E-state index in [4.69, 9.17) is 0 Å². The molecule has 8 nitrogen and oxygen atoms in total. The first-order valence-electron chi connectivity index (χ1n) is 9.79. The second kappa shape index (κ2) is 9.19. The fraction of sp³-hybridized carbons (Fsp3) is 0.174. The van der Waals surface area contributed by atoms with E-state index in [1.807, 2.05) is 13.0 Å². The Morgan fingerprint density at radius 2 is 1.66 bits per heavy atom. The number of anilines is 2. The van der Waals surface area contributed by atoms with E-state index in [1.165, 1.54) is 30.3 Å². The third kappa shape index (κ3) is 4.94. The summed E-state index contributed by atoms with van der Waals surface area (Å²) in [5.74, 6) is -0.618. The van der Waals surface area contributed by atoms with E-state index in [2.05, 4.69) is 5.32 Å². The molecular formula is C23H23N3O5S. The number of carbonyl (C=O) groups excluding carboxylic acids is 1. The molecular weight excluding hydrogens is 430 g/mol. The highest BCUT2D eigenvalue weighted by Gasteiger charge is 2.28. The van der Waals surface area contributed by atoms with Crippen LogP contribution in [0.15, 0.2) is 71.6 Å². The van der Waals surface area contributed by atoms with E-state index < -0.39 is 27.4 Å². The fourth-order valence-corrected chi connectivity index (χ4v) is 4.79. The average molecular weight is 454 g/mol. The fourth-order valence-electron chi connectivity index (χ4n) is 3.28. The molecule has 0 radical (unpaired) electrons. The number of non-ortho nitro benzene ring substituents is 1. The van der Waals surface area contributed by atoms with Crippen LogP contribution < -0.4 is 9.62 Å². The molecule has 0 aliphatic heterocycles. The first-order chi connectivity index (χ1) is 15.1. The number of sulfonamides is 1. The van der Waals surface area contributed by atoms with Gasteiger partial charge in [-0.3, -0.25) is 19.2 Å². The molecule has 0 saturated heterocycles. The minimum atomic E-state index is -4.04. The number of rotatable bonds is 7. The maximum atomic E-state index is 13.4. The summed E-state index contributed by atoms with van der Waals surface area (Å²) in [5, 5.41) is 13.7. The molecule has 3 rings (SSSR count). The van der Waals surface area contributed by atoms with E-state index in [9.17, 15) is 23.3 Å². The summed E-state index contributed by atoms with van der Waals surface area (Å²) < 4.78 is 27.9. The quantitative estimate of drug-likeness (QED) is 0.422. The topological polar surface area (TPSA) is 110 Å². The number of amides is 1. The SMILES string of the molecule is Cc1ccc(N(CC(=O)Nc2cc([N+](=O)[O-])ccc2C)S(=O)(=O)c2ccccc2)c(C)c1. The molecule has 0 aromatic heterocycles. The van der Waals surface area contributed by atoms with Crippen molar-refractivity contribution >= 4 is 33.0 Å². The summed E-state index contributed by atoms with van der Waals surface area (Å²) in [6.07, 6.45) is 0. The first-order valence-corrected chi connectivity index (χ1v) is 11.2. The van der Waals surface area contributed by atoms with Gasteiger partial charge in [0.05, 0.1) is 21.2 Å². The van der Waals surface area contributed by atoms with E-state index >= 15 is 0 Å². The molecule has 0 heterocycles. The lowest BCUT2D eigenvalue weighted by atomic mass is 10.1. The van der Waals surface area contributed by atoms with E-state index in [0.29, 0.717) is 16.8 Å². The Morgan fingerprint density at radius 1 is 0.969 bits per heavy atom. The molecule has 0 bridgehead atoms. The number of carbonyl (C=O) groups is 1. The van der Waals surface area contributed by atoms with Gasteiger partial charge in [-0.2, -0.15) is 0 Å². The van der Waals surface area contributed by atoms with Crippen LogP contribution in [0.3, 0.4) is 0 Å². The van der Waals surface area contributed by atoms with Crippen LogP contribution in [0.1, 0.15) is 16.7 Å². The highest BCUT2D eigenvalue weighted by atomic mass is 32.2. The number of hydrogen-bond donors (Lipinski definition) is 1. The van der Waals surface area contributed by atoms with Crippen LogP contribution in [0.25, 0.3) is 0 Å². The standard InChI is InChI=1S/C23H23N3O5S/c1-16-9-12-22(18(3)13-16)25(32(30,31)20-7-5-4-6-8-20)15-23(27)24-21-14-19(26(28)29)11-10-17(21)2/h4-14H,15H2,1-3H3,(H,24,27). The third-order valence-electron chi connectivity index (χ3n) is 4.95. The Bertz CT molecular complexity index is 1270. The highest BCUT2D eigenvalue weighted by molar-refractivity contribution is 7.92. The molecule has 0 unspecified atom stereocenters. The Balaban J connectivity index is 1.99. The zero-order valence-electron chi connectivity index (χ0n) is 17.9. The molecule has 0 aliphatic rings. The Hall–Kier alpha value is -3.72. The molecule has 0 atom stereocenters. The van der Waals surface area contributed by atoms with Gasteiger partial charge in [0.15, 0.2) is 0 Å². The lowest BCUT2D eigenvalue weighted by molar-refractivity contribution is -0.384. The van der Waals surface area contributed by atoms with E-state index in [0.717, 1.165) is 9.87 Å². The second-order valence-electron chi connectivity index (χ2n) is 7.42. The molecule has 166 valence electrons. The van der Waals surface area contributed by atoms with Gasteiger partial charge in [0.2, 0.25) is 5.91 Å². The number of nitro benzene ring substituents is 1. The van der Waals surface area contributed by atoms with Crippen molar-refractivity contribution in [3.63, 3.8) is 0 Å². The third-order valence-corrected chi connectivity index (χ3v) is 6.72. The van der Waals surface area contributed by atoms with Crippen molar-refractivity contribution in [2.45, 2.75) is 25.7 Å². The molecule has 1 N–H and O–H groups in total. The van der Waals surface area contributed by atoms with Crippen molar-refractivity contribution < 1.29 is 18.1 Å². The summed E-state index contributed by atoms with van der Waals surface area (Å²) in [6, 6.07) is 17.3. The maximum absolute atomic E-state index is 13.4. The van der Waals surface area contributed by atoms with Crippen LogP contribution in [0.2, 0.25) is 0 Å². The lowest BCUT2D eigenvalue weighted by Gasteiger charge is -2.26. The molecule has 1 amide bonds. The molecule has 32 heavy (non-hydrogen) atoms. The summed E-state index contributed by atoms with van der Waals surface area (Å²) in [7, 11) is -4.04. The predicted octanol–water partition coefficient (Wildman–Crippen LogP) is 4.35. The zero-order chi connectivity index (χ0) is 23.5. The molecule has 3 aromatic rings. The van der Waals surface area contributed by atoms with E-state index in [1.54, 1.807) is 44.2 Å². The smallest absolute Gasteiger partial charge is 0.271 e. The van der Waals surface area contributed by atoms with Gasteiger partial charge < -0.3 is 5.32 Å². The van der Waals surface area contributed by atoms with Crippen LogP contribution >= 0.6 is 0 Å². The predicted molar refractivity (Wildman–Crippen MR) is 123 cm³/mol. The molecule has 0 saturated carbocycles. The van der Waals surface area contributed by atoms with Crippen molar-refractivity contribution in [3.8, 4) is 0 Å². The van der Waals surface area contributed by atoms with Gasteiger partial charge in [-0.1, -0.05) is 42.0 Å². The number of benzene rings is 3. The summed E-state index contributed by atoms with van der Waals surface area (Å²) in [6.45, 7) is 4.87. The number of nitro groups is 1. The first kappa shape index (κ1) is 23.0. The van der Waals surface area contributed by atoms with Crippen LogP contribution in [-0.2, 0) is 14.8 Å². The van der Waals surface area contributed by atoms with Crippen LogP contribution in [0.4, 0.5) is 17.1 Å². The van der Waals surface area contributed by atoms with Crippen LogP contribution in [-0.4, -0.2) is 25.8 Å². The van der Waals surface area contributed by atoms with Crippen molar-refractivity contribution in [1.29, 1.82) is 0 Å². The average Bonchev–Trinajstić information content (AvgIpc) is 2.74. The van der Waals surface area contributed by atoms with Crippen LogP contribution in [0, 0.1) is 30.9 Å². The van der Waals surface area contributed by atoms with Gasteiger partial charge >= 0.3 is 0 Å². The largest absolute Gasteiger partial charge is 0.324 e. The van der Waals surface area contributed by atoms with Crippen LogP contribution in [0.5, 0.6) is 0 Å². The van der Waals surface area contributed by atoms with Gasteiger partial charge in [0, 0.05) is 12.1 Å². The zero-order valence-corrected chi connectivity index (χ0v) is 18.7. The minimum absolute atomic E-state index is 0.0549. The van der Waals surface area contributed by atoms with Crippen molar-refractivity contribution in [2.75, 3.05) is 16.2 Å². The van der Waals surface area contributed by atoms with Gasteiger partial charge in [-0.05, 0) is 50.1 Å². The normalized spacial score (nSPS) is 11.1. The van der Waals surface area contributed by atoms with E-state index in [-0.39, 0.29) is 16.3 Å². The van der Waals surface area contributed by atoms with Crippen molar-refractivity contribution in [2.24, 2.45) is 0 Å². The molecule has 0 fully saturated rings. The maximum Gasteiger partial charge on any atom is 0.271 e.